The van der Waals surface area contributed by atoms with E-state index in [4.69, 9.17) is 0 Å². The van der Waals surface area contributed by atoms with Crippen LogP contribution >= 0.6 is 0 Å². The Morgan fingerprint density at radius 2 is 1.69 bits per heavy atom. The van der Waals surface area contributed by atoms with E-state index >= 15 is 0 Å². The lowest BCUT2D eigenvalue weighted by atomic mass is 9.85. The van der Waals surface area contributed by atoms with E-state index in [0.29, 0.717) is 33.3 Å². The van der Waals surface area contributed by atoms with Gasteiger partial charge in [-0.15, -0.1) is 0 Å². The first-order chi connectivity index (χ1) is 18.5. The summed E-state index contributed by atoms with van der Waals surface area (Å²) in [6.45, 7) is 4.07. The van der Waals surface area contributed by atoms with Crippen molar-refractivity contribution in [2.75, 3.05) is 5.32 Å². The van der Waals surface area contributed by atoms with Crippen LogP contribution < -0.4 is 5.32 Å². The molecule has 1 N–H and O–H groups in total. The molecular weight excluding hydrogens is 525 g/mol. The number of hydrogen-bond acceptors (Lipinski definition) is 3. The summed E-state index contributed by atoms with van der Waals surface area (Å²) in [6.07, 6.45) is 2.92. The zero-order valence-corrected chi connectivity index (χ0v) is 21.6. The number of hydrogen-bond donors (Lipinski definition) is 1. The van der Waals surface area contributed by atoms with Gasteiger partial charge in [-0.3, -0.25) is 4.79 Å². The Bertz CT molecular complexity index is 1680. The van der Waals surface area contributed by atoms with Gasteiger partial charge in [0, 0.05) is 17.5 Å². The molecule has 39 heavy (non-hydrogen) atoms. The number of carbonyl (C=O) groups excluding carboxylic acids is 1. The normalized spacial score (nSPS) is 14.4. The molecule has 5 rings (SSSR count). The van der Waals surface area contributed by atoms with Crippen molar-refractivity contribution in [2.24, 2.45) is 5.92 Å². The largest absolute Gasteiger partial charge is 0.416 e. The maximum absolute atomic E-state index is 13.5. The second-order valence-corrected chi connectivity index (χ2v) is 11.3. The van der Waals surface area contributed by atoms with E-state index in [-0.39, 0.29) is 16.7 Å². The molecule has 9 heteroatoms. The van der Waals surface area contributed by atoms with Crippen LogP contribution in [0.3, 0.4) is 0 Å². The predicted octanol–water partition coefficient (Wildman–Crippen LogP) is 7.36. The minimum absolute atomic E-state index is 0.0982. The van der Waals surface area contributed by atoms with Gasteiger partial charge in [0.05, 0.1) is 21.7 Å². The fourth-order valence-corrected chi connectivity index (χ4v) is 5.78. The number of aromatic nitrogens is 1. The third kappa shape index (κ3) is 5.40. The van der Waals surface area contributed by atoms with Crippen LogP contribution in [0.1, 0.15) is 36.0 Å². The standard InChI is InChI=1S/C30H25F3N2O3S/c1-20(10-11-21-12-15-24(16-13-21)30(31,32)33)23-14-17-28-26(18-23)27(34-29(36)22-6-5-7-22)19-35(28)39(37,38)25-8-3-2-4-9-25/h2-4,8-19,22H,1,5-7H2,(H,34,36)/b11-10-. The Morgan fingerprint density at radius 3 is 2.31 bits per heavy atom. The number of allylic oxidation sites excluding steroid dienone is 2. The molecule has 0 bridgehead atoms. The van der Waals surface area contributed by atoms with E-state index in [9.17, 15) is 26.4 Å². The third-order valence-corrected chi connectivity index (χ3v) is 8.58. The van der Waals surface area contributed by atoms with Gasteiger partial charge in [-0.05, 0) is 65.9 Å². The van der Waals surface area contributed by atoms with E-state index in [0.717, 1.165) is 31.4 Å². The maximum Gasteiger partial charge on any atom is 0.416 e. The molecule has 0 saturated heterocycles. The summed E-state index contributed by atoms with van der Waals surface area (Å²) in [5.41, 5.74) is 1.84. The highest BCUT2D eigenvalue weighted by atomic mass is 32.2. The van der Waals surface area contributed by atoms with Crippen LogP contribution in [0.5, 0.6) is 0 Å². The average Bonchev–Trinajstić information content (AvgIpc) is 3.24. The third-order valence-electron chi connectivity index (χ3n) is 6.89. The van der Waals surface area contributed by atoms with Crippen molar-refractivity contribution in [3.8, 4) is 0 Å². The first-order valence-electron chi connectivity index (χ1n) is 12.4. The van der Waals surface area contributed by atoms with Gasteiger partial charge in [-0.1, -0.05) is 61.5 Å². The fraction of sp³-hybridized carbons (Fsp3) is 0.167. The Labute approximate surface area is 224 Å². The zero-order chi connectivity index (χ0) is 27.8. The lowest BCUT2D eigenvalue weighted by Gasteiger charge is -2.23. The molecule has 0 atom stereocenters. The number of benzene rings is 3. The molecule has 0 radical (unpaired) electrons. The second kappa shape index (κ2) is 10.2. The topological polar surface area (TPSA) is 68.2 Å². The van der Waals surface area contributed by atoms with Crippen molar-refractivity contribution in [3.05, 3.63) is 108 Å². The first kappa shape index (κ1) is 26.5. The maximum atomic E-state index is 13.5. The molecule has 0 spiro atoms. The summed E-state index contributed by atoms with van der Waals surface area (Å²) in [4.78, 5) is 12.9. The molecule has 3 aromatic carbocycles. The van der Waals surface area contributed by atoms with Crippen molar-refractivity contribution >= 4 is 44.2 Å². The summed E-state index contributed by atoms with van der Waals surface area (Å²) >= 11 is 0. The van der Waals surface area contributed by atoms with Gasteiger partial charge in [0.2, 0.25) is 5.91 Å². The van der Waals surface area contributed by atoms with Crippen molar-refractivity contribution in [1.82, 2.24) is 3.97 Å². The summed E-state index contributed by atoms with van der Waals surface area (Å²) in [5, 5.41) is 3.44. The molecule has 4 aromatic rings. The highest BCUT2D eigenvalue weighted by molar-refractivity contribution is 7.90. The van der Waals surface area contributed by atoms with Gasteiger partial charge in [0.25, 0.3) is 10.0 Å². The first-order valence-corrected chi connectivity index (χ1v) is 13.8. The number of nitrogens with one attached hydrogen (secondary N) is 1. The molecule has 1 saturated carbocycles. The molecule has 1 aromatic heterocycles. The van der Waals surface area contributed by atoms with Gasteiger partial charge in [0.1, 0.15) is 0 Å². The van der Waals surface area contributed by atoms with Gasteiger partial charge >= 0.3 is 6.18 Å². The van der Waals surface area contributed by atoms with Crippen LogP contribution in [0.25, 0.3) is 22.6 Å². The molecule has 1 amide bonds. The van der Waals surface area contributed by atoms with E-state index in [1.54, 1.807) is 48.6 Å². The van der Waals surface area contributed by atoms with E-state index in [1.807, 2.05) is 0 Å². The van der Waals surface area contributed by atoms with Crippen LogP contribution in [-0.2, 0) is 21.0 Å². The van der Waals surface area contributed by atoms with Gasteiger partial charge in [-0.2, -0.15) is 13.2 Å². The summed E-state index contributed by atoms with van der Waals surface area (Å²) in [5.74, 6) is -0.247. The number of amides is 1. The summed E-state index contributed by atoms with van der Waals surface area (Å²) in [7, 11) is -3.94. The number of nitrogens with zero attached hydrogens (tertiary/aromatic N) is 1. The molecular formula is C30H25F3N2O3S. The molecule has 5 nitrogen and oxygen atoms in total. The number of rotatable bonds is 7. The average molecular weight is 551 g/mol. The van der Waals surface area contributed by atoms with Crippen molar-refractivity contribution < 1.29 is 26.4 Å². The minimum atomic E-state index is -4.41. The molecule has 0 aliphatic heterocycles. The van der Waals surface area contributed by atoms with Gasteiger partial charge in [0.15, 0.2) is 0 Å². The summed E-state index contributed by atoms with van der Waals surface area (Å²) < 4.78 is 66.6. The molecule has 1 aliphatic carbocycles. The second-order valence-electron chi connectivity index (χ2n) is 9.48. The number of alkyl halides is 3. The Kier molecular flexibility index (Phi) is 6.94. The molecule has 200 valence electrons. The molecule has 1 aliphatic rings. The zero-order valence-electron chi connectivity index (χ0n) is 20.8. The Balaban J connectivity index is 1.50. The van der Waals surface area contributed by atoms with Crippen LogP contribution in [0, 0.1) is 5.92 Å². The Morgan fingerprint density at radius 1 is 1.00 bits per heavy atom. The quantitative estimate of drug-likeness (QED) is 0.245. The fourth-order valence-electron chi connectivity index (χ4n) is 4.39. The number of halogens is 3. The highest BCUT2D eigenvalue weighted by Gasteiger charge is 2.30. The lowest BCUT2D eigenvalue weighted by Crippen LogP contribution is -2.28. The van der Waals surface area contributed by atoms with E-state index < -0.39 is 21.8 Å². The van der Waals surface area contributed by atoms with Gasteiger partial charge < -0.3 is 5.32 Å². The van der Waals surface area contributed by atoms with Crippen molar-refractivity contribution in [2.45, 2.75) is 30.3 Å². The summed E-state index contributed by atoms with van der Waals surface area (Å²) in [6, 6.07) is 17.9. The predicted molar refractivity (Wildman–Crippen MR) is 146 cm³/mol. The van der Waals surface area contributed by atoms with E-state index in [1.165, 1.54) is 34.4 Å². The highest BCUT2D eigenvalue weighted by Crippen LogP contribution is 2.34. The number of fused-ring (bicyclic) bond motifs is 1. The van der Waals surface area contributed by atoms with Crippen LogP contribution in [-0.4, -0.2) is 18.3 Å². The Hall–Kier alpha value is -4.11. The number of anilines is 1. The van der Waals surface area contributed by atoms with Gasteiger partial charge in [-0.25, -0.2) is 12.4 Å². The smallest absolute Gasteiger partial charge is 0.324 e. The molecule has 1 heterocycles. The van der Waals surface area contributed by atoms with Crippen LogP contribution in [0.15, 0.2) is 96.5 Å². The monoisotopic (exact) mass is 550 g/mol. The van der Waals surface area contributed by atoms with Crippen molar-refractivity contribution in [1.29, 1.82) is 0 Å². The van der Waals surface area contributed by atoms with Crippen LogP contribution in [0.4, 0.5) is 18.9 Å². The van der Waals surface area contributed by atoms with Crippen LogP contribution in [0.2, 0.25) is 0 Å². The number of carbonyl (C=O) groups is 1. The van der Waals surface area contributed by atoms with E-state index in [2.05, 4.69) is 11.9 Å². The minimum Gasteiger partial charge on any atom is -0.324 e. The SMILES string of the molecule is C=C(/C=C\c1ccc(C(F)(F)F)cc1)c1ccc2c(c1)c(NC(=O)C1CCC1)cn2S(=O)(=O)c1ccccc1. The molecule has 1 fully saturated rings. The van der Waals surface area contributed by atoms with Crippen molar-refractivity contribution in [3.63, 3.8) is 0 Å². The molecule has 0 unspecified atom stereocenters. The lowest BCUT2D eigenvalue weighted by molar-refractivity contribution is -0.137.